The molecule has 3 heterocycles. The van der Waals surface area contributed by atoms with Crippen molar-refractivity contribution in [3.05, 3.63) is 40.9 Å². The number of pyridine rings is 1. The van der Waals surface area contributed by atoms with Crippen LogP contribution in [-0.4, -0.2) is 34.1 Å². The molecule has 1 saturated heterocycles. The zero-order valence-electron chi connectivity index (χ0n) is 11.9. The number of nitrogens with one attached hydrogen (secondary N) is 1. The van der Waals surface area contributed by atoms with E-state index in [9.17, 15) is 5.26 Å². The van der Waals surface area contributed by atoms with Crippen LogP contribution in [0.1, 0.15) is 18.4 Å². The molecule has 0 radical (unpaired) electrons. The van der Waals surface area contributed by atoms with E-state index in [1.165, 1.54) is 0 Å². The van der Waals surface area contributed by atoms with Gasteiger partial charge in [-0.05, 0) is 40.9 Å². The molecule has 3 rings (SSSR count). The fourth-order valence-corrected chi connectivity index (χ4v) is 2.92. The maximum absolute atomic E-state index is 9.26. The minimum absolute atomic E-state index is 0.382. The summed E-state index contributed by atoms with van der Waals surface area (Å²) in [4.78, 5) is 14.7. The van der Waals surface area contributed by atoms with Crippen molar-refractivity contribution in [2.24, 2.45) is 0 Å². The molecule has 112 valence electrons. The van der Waals surface area contributed by atoms with Gasteiger partial charge in [0.25, 0.3) is 0 Å². The number of nitriles is 1. The summed E-state index contributed by atoms with van der Waals surface area (Å²) in [6, 6.07) is 6.28. The molecule has 0 saturated carbocycles. The first kappa shape index (κ1) is 14.7. The van der Waals surface area contributed by atoms with Crippen LogP contribution in [0.3, 0.4) is 0 Å². The van der Waals surface area contributed by atoms with Gasteiger partial charge in [0, 0.05) is 36.0 Å². The fraction of sp³-hybridized carbons (Fsp3) is 0.333. The van der Waals surface area contributed by atoms with Crippen LogP contribution in [-0.2, 0) is 0 Å². The third-order valence-corrected chi connectivity index (χ3v) is 4.12. The molecule has 2 aromatic rings. The molecular formula is C15H15BrN6. The second-order valence-corrected chi connectivity index (χ2v) is 6.05. The predicted octanol–water partition coefficient (Wildman–Crippen LogP) is 2.59. The summed E-state index contributed by atoms with van der Waals surface area (Å²) in [6.45, 7) is 1.73. The van der Waals surface area contributed by atoms with Gasteiger partial charge < -0.3 is 10.2 Å². The largest absolute Gasteiger partial charge is 0.367 e. The topological polar surface area (TPSA) is 77.7 Å². The Morgan fingerprint density at radius 2 is 2.14 bits per heavy atom. The summed E-state index contributed by atoms with van der Waals surface area (Å²) < 4.78 is 0.827. The highest BCUT2D eigenvalue weighted by Gasteiger charge is 2.22. The van der Waals surface area contributed by atoms with Crippen molar-refractivity contribution < 1.29 is 0 Å². The molecule has 22 heavy (non-hydrogen) atoms. The van der Waals surface area contributed by atoms with Gasteiger partial charge in [-0.2, -0.15) is 5.26 Å². The first-order valence-electron chi connectivity index (χ1n) is 7.09. The van der Waals surface area contributed by atoms with Gasteiger partial charge in [-0.1, -0.05) is 0 Å². The lowest BCUT2D eigenvalue weighted by molar-refractivity contribution is 0.522. The SMILES string of the molecule is N#Cc1cc(Br)cnc1N1CCC(Nc2ccncn2)CC1. The van der Waals surface area contributed by atoms with Crippen LogP contribution in [0.5, 0.6) is 0 Å². The summed E-state index contributed by atoms with van der Waals surface area (Å²) in [5.41, 5.74) is 0.608. The van der Waals surface area contributed by atoms with Crippen molar-refractivity contribution in [3.8, 4) is 6.07 Å². The quantitative estimate of drug-likeness (QED) is 0.908. The van der Waals surface area contributed by atoms with Crippen molar-refractivity contribution in [3.63, 3.8) is 0 Å². The highest BCUT2D eigenvalue weighted by Crippen LogP contribution is 2.24. The molecule has 0 amide bonds. The second kappa shape index (κ2) is 6.71. The Hall–Kier alpha value is -2.20. The molecule has 0 bridgehead atoms. The monoisotopic (exact) mass is 358 g/mol. The lowest BCUT2D eigenvalue weighted by Crippen LogP contribution is -2.40. The van der Waals surface area contributed by atoms with Gasteiger partial charge >= 0.3 is 0 Å². The zero-order valence-corrected chi connectivity index (χ0v) is 13.5. The summed E-state index contributed by atoms with van der Waals surface area (Å²) in [5.74, 6) is 1.62. The zero-order chi connectivity index (χ0) is 15.4. The van der Waals surface area contributed by atoms with Gasteiger partial charge in [-0.25, -0.2) is 15.0 Å². The molecule has 0 aliphatic carbocycles. The van der Waals surface area contributed by atoms with E-state index in [0.29, 0.717) is 11.6 Å². The van der Waals surface area contributed by atoms with E-state index in [2.05, 4.69) is 47.2 Å². The Balaban J connectivity index is 1.64. The maximum Gasteiger partial charge on any atom is 0.146 e. The Kier molecular flexibility index (Phi) is 4.49. The highest BCUT2D eigenvalue weighted by atomic mass is 79.9. The van der Waals surface area contributed by atoms with Crippen molar-refractivity contribution in [1.29, 1.82) is 5.26 Å². The van der Waals surface area contributed by atoms with E-state index in [4.69, 9.17) is 0 Å². The van der Waals surface area contributed by atoms with Gasteiger partial charge in [0.1, 0.15) is 24.0 Å². The molecule has 6 nitrogen and oxygen atoms in total. The first-order valence-corrected chi connectivity index (χ1v) is 7.88. The molecule has 0 spiro atoms. The molecule has 0 atom stereocenters. The maximum atomic E-state index is 9.26. The van der Waals surface area contributed by atoms with Crippen LogP contribution in [0.4, 0.5) is 11.6 Å². The molecule has 2 aromatic heterocycles. The number of nitrogens with zero attached hydrogens (tertiary/aromatic N) is 5. The lowest BCUT2D eigenvalue weighted by Gasteiger charge is -2.33. The van der Waals surface area contributed by atoms with E-state index in [0.717, 1.165) is 42.0 Å². The Morgan fingerprint density at radius 3 is 2.82 bits per heavy atom. The lowest BCUT2D eigenvalue weighted by atomic mass is 10.0. The smallest absolute Gasteiger partial charge is 0.146 e. The normalized spacial score (nSPS) is 15.4. The van der Waals surface area contributed by atoms with Crippen molar-refractivity contribution in [2.45, 2.75) is 18.9 Å². The third kappa shape index (κ3) is 3.34. The Morgan fingerprint density at radius 1 is 1.32 bits per heavy atom. The van der Waals surface area contributed by atoms with Crippen molar-refractivity contribution in [2.75, 3.05) is 23.3 Å². The summed E-state index contributed by atoms with van der Waals surface area (Å²) >= 11 is 3.35. The van der Waals surface area contributed by atoms with Gasteiger partial charge in [-0.15, -0.1) is 0 Å². The van der Waals surface area contributed by atoms with E-state index in [-0.39, 0.29) is 0 Å². The number of rotatable bonds is 3. The second-order valence-electron chi connectivity index (χ2n) is 5.14. The average molecular weight is 359 g/mol. The molecule has 7 heteroatoms. The number of anilines is 2. The minimum Gasteiger partial charge on any atom is -0.367 e. The van der Waals surface area contributed by atoms with Crippen LogP contribution in [0.2, 0.25) is 0 Å². The number of piperidine rings is 1. The fourth-order valence-electron chi connectivity index (χ4n) is 2.59. The van der Waals surface area contributed by atoms with Crippen molar-refractivity contribution >= 4 is 27.6 Å². The molecule has 1 aliphatic heterocycles. The number of halogens is 1. The van der Waals surface area contributed by atoms with Gasteiger partial charge in [0.05, 0.1) is 5.56 Å². The minimum atomic E-state index is 0.382. The Bertz CT molecular complexity index is 676. The standard InChI is InChI=1S/C15H15BrN6/c16-12-7-11(8-17)15(19-9-12)22-5-2-13(3-6-22)21-14-1-4-18-10-20-14/h1,4,7,9-10,13H,2-3,5-6H2,(H,18,20,21). The average Bonchev–Trinajstić information content (AvgIpc) is 2.56. The van der Waals surface area contributed by atoms with Crippen LogP contribution < -0.4 is 10.2 Å². The summed E-state index contributed by atoms with van der Waals surface area (Å²) in [5, 5.41) is 12.7. The van der Waals surface area contributed by atoms with E-state index < -0.39 is 0 Å². The van der Waals surface area contributed by atoms with Crippen LogP contribution in [0.25, 0.3) is 0 Å². The third-order valence-electron chi connectivity index (χ3n) is 3.68. The van der Waals surface area contributed by atoms with Crippen LogP contribution >= 0.6 is 15.9 Å². The van der Waals surface area contributed by atoms with E-state index in [1.807, 2.05) is 12.1 Å². The van der Waals surface area contributed by atoms with Crippen LogP contribution in [0.15, 0.2) is 35.3 Å². The molecule has 1 N–H and O–H groups in total. The molecule has 1 fully saturated rings. The number of hydrogen-bond donors (Lipinski definition) is 1. The van der Waals surface area contributed by atoms with Crippen LogP contribution in [0, 0.1) is 11.3 Å². The summed E-state index contributed by atoms with van der Waals surface area (Å²) in [6.07, 6.45) is 6.97. The van der Waals surface area contributed by atoms with Gasteiger partial charge in [0.2, 0.25) is 0 Å². The van der Waals surface area contributed by atoms with Gasteiger partial charge in [-0.3, -0.25) is 0 Å². The predicted molar refractivity (Wildman–Crippen MR) is 87.5 cm³/mol. The Labute approximate surface area is 137 Å². The highest BCUT2D eigenvalue weighted by molar-refractivity contribution is 9.10. The molecule has 1 aliphatic rings. The van der Waals surface area contributed by atoms with Gasteiger partial charge in [0.15, 0.2) is 0 Å². The number of hydrogen-bond acceptors (Lipinski definition) is 6. The van der Waals surface area contributed by atoms with E-state index in [1.54, 1.807) is 18.7 Å². The number of aromatic nitrogens is 3. The van der Waals surface area contributed by atoms with Crippen molar-refractivity contribution in [1.82, 2.24) is 15.0 Å². The van der Waals surface area contributed by atoms with E-state index >= 15 is 0 Å². The molecule has 0 unspecified atom stereocenters. The summed E-state index contributed by atoms with van der Waals surface area (Å²) in [7, 11) is 0. The molecular weight excluding hydrogens is 344 g/mol. The first-order chi connectivity index (χ1) is 10.8. The molecule has 0 aromatic carbocycles.